The van der Waals surface area contributed by atoms with Crippen LogP contribution in [0.25, 0.3) is 0 Å². The van der Waals surface area contributed by atoms with Crippen LogP contribution in [-0.4, -0.2) is 108 Å². The molecule has 8 atom stereocenters. The van der Waals surface area contributed by atoms with E-state index in [-0.39, 0.29) is 6.42 Å². The number of carbonyl (C=O) groups is 1. The minimum absolute atomic E-state index is 0.268. The van der Waals surface area contributed by atoms with E-state index in [1.54, 1.807) is 6.08 Å². The van der Waals surface area contributed by atoms with Crippen molar-refractivity contribution in [3.8, 4) is 0 Å². The van der Waals surface area contributed by atoms with Crippen LogP contribution in [0.3, 0.4) is 0 Å². The second-order valence-corrected chi connectivity index (χ2v) is 18.2. The zero-order valence-corrected chi connectivity index (χ0v) is 38.9. The molecule has 13 nitrogen and oxygen atoms in total. The van der Waals surface area contributed by atoms with Crippen LogP contribution in [-0.2, 0) is 18.4 Å². The number of nitrogens with one attached hydrogen (secondary N) is 1. The zero-order chi connectivity index (χ0) is 45.9. The molecule has 0 aliphatic heterocycles. The highest BCUT2D eigenvalue weighted by atomic mass is 31.2. The molecule has 0 radical (unpaired) electrons. The molecule has 8 unspecified atom stereocenters. The number of phosphoric ester groups is 1. The Balaban J connectivity index is 2.49. The van der Waals surface area contributed by atoms with E-state index in [4.69, 9.17) is 9.05 Å². The van der Waals surface area contributed by atoms with Gasteiger partial charge in [-0.2, -0.15) is 0 Å². The van der Waals surface area contributed by atoms with Crippen molar-refractivity contribution in [2.45, 2.75) is 229 Å². The van der Waals surface area contributed by atoms with Crippen molar-refractivity contribution in [3.63, 3.8) is 0 Å². The van der Waals surface area contributed by atoms with E-state index in [9.17, 15) is 50.0 Å². The number of aliphatic hydroxyl groups excluding tert-OH is 7. The Labute approximate surface area is 373 Å². The van der Waals surface area contributed by atoms with Crippen molar-refractivity contribution in [1.82, 2.24) is 5.32 Å². The van der Waals surface area contributed by atoms with Gasteiger partial charge < -0.3 is 46.0 Å². The molecule has 14 heteroatoms. The third-order valence-electron chi connectivity index (χ3n) is 11.0. The molecule has 0 spiro atoms. The summed E-state index contributed by atoms with van der Waals surface area (Å²) in [7, 11) is -5.16. The van der Waals surface area contributed by atoms with E-state index >= 15 is 0 Å². The summed E-state index contributed by atoms with van der Waals surface area (Å²) in [6, 6.07) is -1.27. The predicted octanol–water partition coefficient (Wildman–Crippen LogP) is 8.09. The van der Waals surface area contributed by atoms with E-state index < -0.39 is 75.2 Å². The number of amides is 1. The summed E-state index contributed by atoms with van der Waals surface area (Å²) in [5, 5.41) is 74.3. The van der Waals surface area contributed by atoms with Crippen LogP contribution in [0.5, 0.6) is 0 Å². The third-order valence-corrected chi connectivity index (χ3v) is 12.0. The third kappa shape index (κ3) is 28.7. The average Bonchev–Trinajstić information content (AvgIpc) is 3.24. The van der Waals surface area contributed by atoms with Crippen molar-refractivity contribution in [2.75, 3.05) is 6.61 Å². The van der Waals surface area contributed by atoms with E-state index in [2.05, 4.69) is 61.7 Å². The first-order valence-electron chi connectivity index (χ1n) is 23.8. The molecule has 0 aromatic heterocycles. The molecule has 1 aliphatic rings. The van der Waals surface area contributed by atoms with Gasteiger partial charge in [0, 0.05) is 0 Å². The molecule has 1 rings (SSSR count). The number of aliphatic hydroxyl groups is 7. The summed E-state index contributed by atoms with van der Waals surface area (Å²) in [6.07, 6.45) is 31.9. The van der Waals surface area contributed by atoms with E-state index in [1.807, 2.05) is 6.08 Å². The molecule has 0 bridgehead atoms. The maximum Gasteiger partial charge on any atom is 0.472 e. The molecule has 1 aliphatic carbocycles. The molecule has 0 saturated heterocycles. The highest BCUT2D eigenvalue weighted by Gasteiger charge is 2.51. The first-order valence-corrected chi connectivity index (χ1v) is 25.3. The maximum atomic E-state index is 13.0. The lowest BCUT2D eigenvalue weighted by molar-refractivity contribution is -0.220. The summed E-state index contributed by atoms with van der Waals surface area (Å²) in [4.78, 5) is 23.4. The first-order chi connectivity index (χ1) is 29.8. The first kappa shape index (κ1) is 58.0. The van der Waals surface area contributed by atoms with Crippen LogP contribution in [0.4, 0.5) is 0 Å². The molecule has 1 saturated carbocycles. The van der Waals surface area contributed by atoms with Gasteiger partial charge in [0.1, 0.15) is 36.6 Å². The Bertz CT molecular complexity index is 1290. The quantitative estimate of drug-likeness (QED) is 0.0163. The predicted molar refractivity (Wildman–Crippen MR) is 247 cm³/mol. The lowest BCUT2D eigenvalue weighted by Gasteiger charge is -2.41. The van der Waals surface area contributed by atoms with Gasteiger partial charge in [-0.25, -0.2) is 4.57 Å². The SMILES string of the molecule is CCC/C=C/CC/C=C/CC/C=C/C(O)C(COP(=O)(O)OC1C(O)C(O)C(O)C(O)C1O)NC(=O)CC(O)CCCCCCC/C=C\C/C=C\CCCCCCCCCCC. The molecule has 0 aromatic carbocycles. The topological polar surface area (TPSA) is 226 Å². The second-order valence-electron chi connectivity index (χ2n) is 16.8. The van der Waals surface area contributed by atoms with E-state index in [0.717, 1.165) is 77.0 Å². The Kier molecular flexibility index (Phi) is 34.9. The van der Waals surface area contributed by atoms with Gasteiger partial charge in [-0.05, 0) is 70.6 Å². The van der Waals surface area contributed by atoms with Gasteiger partial charge in [-0.1, -0.05) is 158 Å². The van der Waals surface area contributed by atoms with Crippen LogP contribution >= 0.6 is 7.82 Å². The molecule has 1 fully saturated rings. The number of carbonyl (C=O) groups excluding carboxylic acids is 1. The summed E-state index contributed by atoms with van der Waals surface area (Å²) >= 11 is 0. The lowest BCUT2D eigenvalue weighted by Crippen LogP contribution is -2.64. The number of allylic oxidation sites excluding steroid dienone is 9. The molecular formula is C48H86NO12P. The van der Waals surface area contributed by atoms with Crippen molar-refractivity contribution in [3.05, 3.63) is 60.8 Å². The van der Waals surface area contributed by atoms with Gasteiger partial charge in [0.2, 0.25) is 5.91 Å². The molecule has 62 heavy (non-hydrogen) atoms. The van der Waals surface area contributed by atoms with E-state index in [1.165, 1.54) is 63.9 Å². The fourth-order valence-electron chi connectivity index (χ4n) is 7.13. The number of hydrogen-bond acceptors (Lipinski definition) is 11. The molecule has 360 valence electrons. The number of rotatable bonds is 38. The monoisotopic (exact) mass is 900 g/mol. The Morgan fingerprint density at radius 3 is 1.56 bits per heavy atom. The highest BCUT2D eigenvalue weighted by Crippen LogP contribution is 2.47. The van der Waals surface area contributed by atoms with Crippen molar-refractivity contribution < 1.29 is 59.0 Å². The van der Waals surface area contributed by atoms with Crippen molar-refractivity contribution in [1.29, 1.82) is 0 Å². The largest absolute Gasteiger partial charge is 0.472 e. The Morgan fingerprint density at radius 1 is 0.581 bits per heavy atom. The smallest absolute Gasteiger partial charge is 0.393 e. The normalized spacial score (nSPS) is 23.6. The minimum atomic E-state index is -5.16. The zero-order valence-electron chi connectivity index (χ0n) is 38.0. The van der Waals surface area contributed by atoms with Gasteiger partial charge >= 0.3 is 7.82 Å². The summed E-state index contributed by atoms with van der Waals surface area (Å²) in [6.45, 7) is 3.63. The number of unbranched alkanes of at least 4 members (excludes halogenated alkanes) is 17. The summed E-state index contributed by atoms with van der Waals surface area (Å²) in [5.41, 5.74) is 0. The fourth-order valence-corrected chi connectivity index (χ4v) is 8.10. The summed E-state index contributed by atoms with van der Waals surface area (Å²) < 4.78 is 22.8. The van der Waals surface area contributed by atoms with Crippen molar-refractivity contribution >= 4 is 13.7 Å². The summed E-state index contributed by atoms with van der Waals surface area (Å²) in [5.74, 6) is -0.619. The molecule has 0 heterocycles. The number of phosphoric acid groups is 1. The van der Waals surface area contributed by atoms with Crippen molar-refractivity contribution in [2.24, 2.45) is 0 Å². The highest BCUT2D eigenvalue weighted by molar-refractivity contribution is 7.47. The van der Waals surface area contributed by atoms with Gasteiger partial charge in [-0.3, -0.25) is 13.8 Å². The van der Waals surface area contributed by atoms with Crippen LogP contribution in [0, 0.1) is 0 Å². The molecule has 9 N–H and O–H groups in total. The fraction of sp³-hybridized carbons (Fsp3) is 0.771. The van der Waals surface area contributed by atoms with Crippen LogP contribution in [0.1, 0.15) is 174 Å². The Hall–Kier alpha value is -2.00. The van der Waals surface area contributed by atoms with Crippen LogP contribution in [0.2, 0.25) is 0 Å². The molecule has 0 aromatic rings. The van der Waals surface area contributed by atoms with Gasteiger partial charge in [0.15, 0.2) is 0 Å². The Morgan fingerprint density at radius 2 is 1.03 bits per heavy atom. The minimum Gasteiger partial charge on any atom is -0.393 e. The van der Waals surface area contributed by atoms with Gasteiger partial charge in [-0.15, -0.1) is 0 Å². The average molecular weight is 900 g/mol. The van der Waals surface area contributed by atoms with Gasteiger partial charge in [0.25, 0.3) is 0 Å². The number of hydrogen-bond donors (Lipinski definition) is 9. The maximum absolute atomic E-state index is 13.0. The van der Waals surface area contributed by atoms with Crippen LogP contribution < -0.4 is 5.32 Å². The van der Waals surface area contributed by atoms with E-state index in [0.29, 0.717) is 19.3 Å². The van der Waals surface area contributed by atoms with Crippen LogP contribution in [0.15, 0.2) is 60.8 Å². The molecule has 1 amide bonds. The molecular weight excluding hydrogens is 813 g/mol. The standard InChI is InChI=1S/C48H86NO12P/c1-3-5-7-9-11-13-15-16-17-18-19-20-21-22-23-24-26-27-29-31-33-35-39(50)37-42(52)49-40(41(51)36-34-32-30-28-25-14-12-10-8-6-4-2)38-60-62(58,59)61-48-46(56)44(54)43(53)45(55)47(48)57/h8,10,19-20,22-23,25,28,34,36,39-41,43-48,50-51,53-57H,3-7,9,11-18,21,24,26-27,29-33,35,37-38H2,1-2H3,(H,49,52)(H,58,59)/b10-8+,20-19-,23-22-,28-25+,36-34+. The second kappa shape index (κ2) is 37.2. The lowest BCUT2D eigenvalue weighted by atomic mass is 9.85. The van der Waals surface area contributed by atoms with Gasteiger partial charge in [0.05, 0.1) is 31.3 Å².